The summed E-state index contributed by atoms with van der Waals surface area (Å²) in [6.45, 7) is 9.55. The fraction of sp³-hybridized carbons (Fsp3) is 0.571. The van der Waals surface area contributed by atoms with E-state index < -0.39 is 0 Å². The van der Waals surface area contributed by atoms with Gasteiger partial charge in [0.15, 0.2) is 5.43 Å². The maximum Gasteiger partial charge on any atom is 0.194 e. The first-order valence-corrected chi connectivity index (χ1v) is 9.45. The zero-order valence-corrected chi connectivity index (χ0v) is 15.3. The van der Waals surface area contributed by atoms with Crippen molar-refractivity contribution in [1.29, 1.82) is 0 Å². The number of aromatic amines is 1. The van der Waals surface area contributed by atoms with Crippen LogP contribution in [0.15, 0.2) is 23.0 Å². The molecule has 1 fully saturated rings. The second kappa shape index (κ2) is 7.52. The summed E-state index contributed by atoms with van der Waals surface area (Å²) in [5, 5.41) is 0.856. The molecule has 2 heterocycles. The predicted molar refractivity (Wildman–Crippen MR) is 102 cm³/mol. The Bertz CT molecular complexity index is 754. The van der Waals surface area contributed by atoms with Crippen LogP contribution >= 0.6 is 0 Å². The summed E-state index contributed by atoms with van der Waals surface area (Å²) in [5.41, 5.74) is 4.43. The van der Waals surface area contributed by atoms with Crippen LogP contribution in [-0.4, -0.2) is 23.0 Å². The van der Waals surface area contributed by atoms with Crippen LogP contribution in [-0.2, 0) is 13.0 Å². The highest BCUT2D eigenvalue weighted by atomic mass is 16.1. The van der Waals surface area contributed by atoms with Crippen molar-refractivity contribution in [3.8, 4) is 0 Å². The highest BCUT2D eigenvalue weighted by Crippen LogP contribution is 2.20. The van der Waals surface area contributed by atoms with Crippen LogP contribution in [0.4, 0.5) is 0 Å². The van der Waals surface area contributed by atoms with Crippen molar-refractivity contribution in [3.63, 3.8) is 0 Å². The van der Waals surface area contributed by atoms with Gasteiger partial charge < -0.3 is 4.98 Å². The number of H-pyrrole nitrogens is 1. The molecular weight excluding hydrogens is 296 g/mol. The number of nitrogens with one attached hydrogen (secondary N) is 1. The zero-order valence-electron chi connectivity index (χ0n) is 15.3. The minimum absolute atomic E-state index is 0.221. The van der Waals surface area contributed by atoms with Gasteiger partial charge >= 0.3 is 0 Å². The molecule has 1 aromatic heterocycles. The standard InChI is InChI=1S/C21H30N2O/c1-4-5-6-17-7-8-20-18(13-17)21(24)19(16(3)22-20)14-23-11-9-15(2)10-12-23/h7-8,13,15H,4-6,9-12,14H2,1-3H3,(H,22,24). The average molecular weight is 326 g/mol. The Labute approximate surface area is 145 Å². The number of likely N-dealkylation sites (tertiary alicyclic amines) is 1. The Morgan fingerprint density at radius 3 is 2.71 bits per heavy atom. The molecule has 1 aromatic carbocycles. The van der Waals surface area contributed by atoms with Gasteiger partial charge in [0.1, 0.15) is 0 Å². The van der Waals surface area contributed by atoms with Crippen LogP contribution in [0.25, 0.3) is 10.9 Å². The van der Waals surface area contributed by atoms with Gasteiger partial charge in [0.25, 0.3) is 0 Å². The van der Waals surface area contributed by atoms with E-state index in [1.54, 1.807) is 0 Å². The molecular formula is C21H30N2O. The lowest BCUT2D eigenvalue weighted by molar-refractivity contribution is 0.184. The number of aryl methyl sites for hydroxylation is 2. The highest BCUT2D eigenvalue weighted by Gasteiger charge is 2.18. The van der Waals surface area contributed by atoms with Gasteiger partial charge in [-0.2, -0.15) is 0 Å². The van der Waals surface area contributed by atoms with Crippen molar-refractivity contribution in [1.82, 2.24) is 9.88 Å². The topological polar surface area (TPSA) is 36.1 Å². The molecule has 3 rings (SSSR count). The number of nitrogens with zero attached hydrogens (tertiary/aromatic N) is 1. The number of hydrogen-bond acceptors (Lipinski definition) is 2. The molecule has 0 unspecified atom stereocenters. The van der Waals surface area contributed by atoms with Gasteiger partial charge in [0.05, 0.1) is 0 Å². The summed E-state index contributed by atoms with van der Waals surface area (Å²) >= 11 is 0. The SMILES string of the molecule is CCCCc1ccc2[nH]c(C)c(CN3CCC(C)CC3)c(=O)c2c1. The normalized spacial score (nSPS) is 16.8. The maximum atomic E-state index is 13.1. The van der Waals surface area contributed by atoms with E-state index >= 15 is 0 Å². The molecule has 0 radical (unpaired) electrons. The van der Waals surface area contributed by atoms with E-state index in [0.29, 0.717) is 0 Å². The zero-order chi connectivity index (χ0) is 17.1. The molecule has 0 bridgehead atoms. The Balaban J connectivity index is 1.90. The summed E-state index contributed by atoms with van der Waals surface area (Å²) in [5.74, 6) is 0.818. The fourth-order valence-corrected chi connectivity index (χ4v) is 3.67. The van der Waals surface area contributed by atoms with Gasteiger partial charge in [-0.05, 0) is 69.3 Å². The van der Waals surface area contributed by atoms with Crippen LogP contribution in [0.3, 0.4) is 0 Å². The monoisotopic (exact) mass is 326 g/mol. The van der Waals surface area contributed by atoms with Crippen molar-refractivity contribution in [3.05, 3.63) is 45.2 Å². The molecule has 3 nitrogen and oxygen atoms in total. The van der Waals surface area contributed by atoms with Gasteiger partial charge in [-0.15, -0.1) is 0 Å². The Hall–Kier alpha value is -1.61. The quantitative estimate of drug-likeness (QED) is 0.883. The number of rotatable bonds is 5. The number of hydrogen-bond donors (Lipinski definition) is 1. The third kappa shape index (κ3) is 3.72. The molecule has 0 atom stereocenters. The molecule has 3 heteroatoms. The lowest BCUT2D eigenvalue weighted by Gasteiger charge is -2.30. The van der Waals surface area contributed by atoms with Gasteiger partial charge in [0.2, 0.25) is 0 Å². The molecule has 130 valence electrons. The lowest BCUT2D eigenvalue weighted by Crippen LogP contribution is -2.34. The minimum Gasteiger partial charge on any atom is -0.358 e. The van der Waals surface area contributed by atoms with Crippen LogP contribution in [0.1, 0.15) is 56.4 Å². The third-order valence-electron chi connectivity index (χ3n) is 5.45. The first-order valence-electron chi connectivity index (χ1n) is 9.45. The molecule has 1 aliphatic heterocycles. The van der Waals surface area contributed by atoms with Crippen LogP contribution in [0.5, 0.6) is 0 Å². The molecule has 0 amide bonds. The summed E-state index contributed by atoms with van der Waals surface area (Å²) in [7, 11) is 0. The van der Waals surface area contributed by atoms with E-state index in [4.69, 9.17) is 0 Å². The van der Waals surface area contributed by atoms with Gasteiger partial charge in [-0.25, -0.2) is 0 Å². The summed E-state index contributed by atoms with van der Waals surface area (Å²) in [6.07, 6.45) is 5.89. The molecule has 24 heavy (non-hydrogen) atoms. The molecule has 1 saturated heterocycles. The molecule has 1 N–H and O–H groups in total. The number of unbranched alkanes of at least 4 members (excludes halogenated alkanes) is 1. The second-order valence-electron chi connectivity index (χ2n) is 7.50. The lowest BCUT2D eigenvalue weighted by atomic mass is 9.98. The van der Waals surface area contributed by atoms with E-state index in [0.717, 1.165) is 54.1 Å². The molecule has 1 aliphatic rings. The molecule has 0 spiro atoms. The number of piperidine rings is 1. The summed E-state index contributed by atoms with van der Waals surface area (Å²) < 4.78 is 0. The number of pyridine rings is 1. The van der Waals surface area contributed by atoms with Crippen molar-refractivity contribution in [2.24, 2.45) is 5.92 Å². The van der Waals surface area contributed by atoms with Crippen molar-refractivity contribution in [2.45, 2.75) is 59.4 Å². The Morgan fingerprint density at radius 2 is 2.00 bits per heavy atom. The first kappa shape index (κ1) is 17.2. The first-order chi connectivity index (χ1) is 11.6. The van der Waals surface area contributed by atoms with Crippen molar-refractivity contribution in [2.75, 3.05) is 13.1 Å². The molecule has 0 aliphatic carbocycles. The van der Waals surface area contributed by atoms with Crippen molar-refractivity contribution >= 4 is 10.9 Å². The number of fused-ring (bicyclic) bond motifs is 1. The third-order valence-corrected chi connectivity index (χ3v) is 5.45. The van der Waals surface area contributed by atoms with E-state index in [-0.39, 0.29) is 5.43 Å². The van der Waals surface area contributed by atoms with E-state index in [9.17, 15) is 4.79 Å². The molecule has 0 saturated carbocycles. The van der Waals surface area contributed by atoms with Gasteiger partial charge in [0, 0.05) is 28.7 Å². The van der Waals surface area contributed by atoms with E-state index in [1.165, 1.54) is 31.2 Å². The predicted octanol–water partition coefficient (Wildman–Crippen LogP) is 4.41. The summed E-state index contributed by atoms with van der Waals surface area (Å²) in [6, 6.07) is 6.32. The smallest absolute Gasteiger partial charge is 0.194 e. The van der Waals surface area contributed by atoms with Crippen LogP contribution in [0, 0.1) is 12.8 Å². The Morgan fingerprint density at radius 1 is 1.25 bits per heavy atom. The number of benzene rings is 1. The summed E-state index contributed by atoms with van der Waals surface area (Å²) in [4.78, 5) is 19.0. The minimum atomic E-state index is 0.221. The fourth-order valence-electron chi connectivity index (χ4n) is 3.67. The largest absolute Gasteiger partial charge is 0.358 e. The maximum absolute atomic E-state index is 13.1. The van der Waals surface area contributed by atoms with Gasteiger partial charge in [-0.3, -0.25) is 9.69 Å². The van der Waals surface area contributed by atoms with E-state index in [1.807, 2.05) is 6.92 Å². The second-order valence-corrected chi connectivity index (χ2v) is 7.50. The number of aromatic nitrogens is 1. The average Bonchev–Trinajstić information content (AvgIpc) is 2.58. The Kier molecular flexibility index (Phi) is 5.40. The highest BCUT2D eigenvalue weighted by molar-refractivity contribution is 5.80. The molecule has 2 aromatic rings. The van der Waals surface area contributed by atoms with Crippen LogP contribution in [0.2, 0.25) is 0 Å². The van der Waals surface area contributed by atoms with Crippen LogP contribution < -0.4 is 5.43 Å². The van der Waals surface area contributed by atoms with E-state index in [2.05, 4.69) is 41.9 Å². The van der Waals surface area contributed by atoms with Crippen molar-refractivity contribution < 1.29 is 0 Å². The van der Waals surface area contributed by atoms with Gasteiger partial charge in [-0.1, -0.05) is 26.3 Å².